The van der Waals surface area contributed by atoms with Crippen molar-refractivity contribution in [1.29, 1.82) is 0 Å². The van der Waals surface area contributed by atoms with E-state index in [-0.39, 0.29) is 31.2 Å². The Labute approximate surface area is 125 Å². The second-order valence-corrected chi connectivity index (χ2v) is 6.01. The average Bonchev–Trinajstić information content (AvgIpc) is 2.38. The third-order valence-corrected chi connectivity index (χ3v) is 4.15. The molecule has 0 radical (unpaired) electrons. The summed E-state index contributed by atoms with van der Waals surface area (Å²) in [5, 5.41) is 11.8. The number of hydrogen-bond donors (Lipinski definition) is 2. The van der Waals surface area contributed by atoms with E-state index in [0.717, 1.165) is 32.1 Å². The third kappa shape index (κ3) is 5.73. The van der Waals surface area contributed by atoms with E-state index in [9.17, 15) is 14.4 Å². The Bertz CT molecular complexity index is 389. The maximum absolute atomic E-state index is 12.3. The summed E-state index contributed by atoms with van der Waals surface area (Å²) in [4.78, 5) is 36.3. The molecule has 1 fully saturated rings. The Morgan fingerprint density at radius 1 is 1.14 bits per heavy atom. The van der Waals surface area contributed by atoms with Gasteiger partial charge in [-0.05, 0) is 25.2 Å². The van der Waals surface area contributed by atoms with Crippen molar-refractivity contribution in [3.63, 3.8) is 0 Å². The number of aliphatic carboxylic acids is 1. The summed E-state index contributed by atoms with van der Waals surface area (Å²) in [7, 11) is 1.59. The number of rotatable bonds is 7. The Hall–Kier alpha value is -1.59. The molecule has 0 aromatic rings. The van der Waals surface area contributed by atoms with E-state index in [1.165, 1.54) is 4.90 Å². The van der Waals surface area contributed by atoms with Crippen molar-refractivity contribution >= 4 is 17.8 Å². The molecule has 0 saturated heterocycles. The van der Waals surface area contributed by atoms with Crippen molar-refractivity contribution < 1.29 is 19.5 Å². The van der Waals surface area contributed by atoms with Crippen LogP contribution in [0.5, 0.6) is 0 Å². The van der Waals surface area contributed by atoms with Gasteiger partial charge in [0.05, 0.1) is 13.0 Å². The summed E-state index contributed by atoms with van der Waals surface area (Å²) < 4.78 is 0. The molecule has 0 atom stereocenters. The van der Waals surface area contributed by atoms with Crippen molar-refractivity contribution in [2.24, 2.45) is 5.41 Å². The van der Waals surface area contributed by atoms with Crippen LogP contribution in [-0.2, 0) is 14.4 Å². The molecule has 6 heteroatoms. The zero-order valence-corrected chi connectivity index (χ0v) is 13.0. The van der Waals surface area contributed by atoms with E-state index in [1.807, 2.05) is 6.92 Å². The van der Waals surface area contributed by atoms with E-state index in [2.05, 4.69) is 5.32 Å². The van der Waals surface area contributed by atoms with Crippen LogP contribution >= 0.6 is 0 Å². The second kappa shape index (κ2) is 8.00. The number of carboxylic acid groups (broad SMARTS) is 1. The molecule has 0 aromatic carbocycles. The zero-order chi connectivity index (χ0) is 15.9. The molecule has 1 aliphatic rings. The molecule has 1 rings (SSSR count). The predicted molar refractivity (Wildman–Crippen MR) is 78.7 cm³/mol. The van der Waals surface area contributed by atoms with Crippen LogP contribution in [0.15, 0.2) is 0 Å². The zero-order valence-electron chi connectivity index (χ0n) is 13.0. The number of carbonyl (C=O) groups is 3. The van der Waals surface area contributed by atoms with Gasteiger partial charge in [-0.25, -0.2) is 0 Å². The van der Waals surface area contributed by atoms with Gasteiger partial charge in [0.2, 0.25) is 11.8 Å². The molecule has 0 heterocycles. The molecule has 21 heavy (non-hydrogen) atoms. The summed E-state index contributed by atoms with van der Waals surface area (Å²) in [6.07, 6.45) is 4.86. The topological polar surface area (TPSA) is 86.7 Å². The van der Waals surface area contributed by atoms with Crippen LogP contribution in [0.3, 0.4) is 0 Å². The van der Waals surface area contributed by atoms with Crippen molar-refractivity contribution in [2.75, 3.05) is 20.1 Å². The molecule has 0 bridgehead atoms. The molecule has 0 aliphatic heterocycles. The van der Waals surface area contributed by atoms with E-state index >= 15 is 0 Å². The van der Waals surface area contributed by atoms with Gasteiger partial charge in [-0.2, -0.15) is 0 Å². The summed E-state index contributed by atoms with van der Waals surface area (Å²) in [6, 6.07) is 0. The van der Waals surface area contributed by atoms with Gasteiger partial charge in [-0.3, -0.25) is 14.4 Å². The SMILES string of the molecule is CCNC(=O)CN(C)C(=O)CC1(CC(=O)O)CCCCC1. The molecule has 0 unspecified atom stereocenters. The van der Waals surface area contributed by atoms with E-state index in [1.54, 1.807) is 7.05 Å². The maximum Gasteiger partial charge on any atom is 0.303 e. The lowest BCUT2D eigenvalue weighted by molar-refractivity contribution is -0.143. The number of nitrogens with one attached hydrogen (secondary N) is 1. The first-order valence-corrected chi connectivity index (χ1v) is 7.61. The quantitative estimate of drug-likeness (QED) is 0.743. The molecule has 2 amide bonds. The van der Waals surface area contributed by atoms with E-state index in [0.29, 0.717) is 6.54 Å². The lowest BCUT2D eigenvalue weighted by atomic mass is 9.69. The first kappa shape index (κ1) is 17.5. The minimum atomic E-state index is -0.851. The molecular formula is C15H26N2O4. The highest BCUT2D eigenvalue weighted by Crippen LogP contribution is 2.42. The molecule has 1 saturated carbocycles. The molecule has 6 nitrogen and oxygen atoms in total. The van der Waals surface area contributed by atoms with Crippen LogP contribution in [0.4, 0.5) is 0 Å². The monoisotopic (exact) mass is 298 g/mol. The van der Waals surface area contributed by atoms with Gasteiger partial charge in [0.1, 0.15) is 0 Å². The first-order valence-electron chi connectivity index (χ1n) is 7.61. The fourth-order valence-electron chi connectivity index (χ4n) is 3.05. The average molecular weight is 298 g/mol. The van der Waals surface area contributed by atoms with Crippen LogP contribution in [-0.4, -0.2) is 47.9 Å². The van der Waals surface area contributed by atoms with Crippen LogP contribution in [0.1, 0.15) is 51.9 Å². The molecule has 0 spiro atoms. The van der Waals surface area contributed by atoms with Gasteiger partial charge in [0, 0.05) is 20.0 Å². The number of likely N-dealkylation sites (N-methyl/N-ethyl adjacent to an activating group) is 2. The lowest BCUT2D eigenvalue weighted by Gasteiger charge is -2.36. The standard InChI is InChI=1S/C15H26N2O4/c1-3-16-12(18)11-17(2)13(19)9-15(10-14(20)21)7-5-4-6-8-15/h3-11H2,1-2H3,(H,16,18)(H,20,21). The number of nitrogens with zero attached hydrogens (tertiary/aromatic N) is 1. The van der Waals surface area contributed by atoms with Crippen LogP contribution in [0.25, 0.3) is 0 Å². The number of amides is 2. The van der Waals surface area contributed by atoms with Gasteiger partial charge < -0.3 is 15.3 Å². The van der Waals surface area contributed by atoms with Crippen molar-refractivity contribution in [1.82, 2.24) is 10.2 Å². The predicted octanol–water partition coefficient (Wildman–Crippen LogP) is 1.40. The first-order chi connectivity index (χ1) is 9.88. The highest BCUT2D eigenvalue weighted by molar-refractivity contribution is 5.85. The van der Waals surface area contributed by atoms with Crippen molar-refractivity contribution in [2.45, 2.75) is 51.9 Å². The van der Waals surface area contributed by atoms with E-state index < -0.39 is 11.4 Å². The highest BCUT2D eigenvalue weighted by atomic mass is 16.4. The van der Waals surface area contributed by atoms with Crippen LogP contribution < -0.4 is 5.32 Å². The summed E-state index contributed by atoms with van der Waals surface area (Å²) in [5.41, 5.74) is -0.434. The summed E-state index contributed by atoms with van der Waals surface area (Å²) >= 11 is 0. The Morgan fingerprint density at radius 2 is 1.76 bits per heavy atom. The van der Waals surface area contributed by atoms with Gasteiger partial charge >= 0.3 is 5.97 Å². The van der Waals surface area contributed by atoms with Gasteiger partial charge in [-0.1, -0.05) is 19.3 Å². The molecule has 0 aromatic heterocycles. The Kier molecular flexibility index (Phi) is 6.65. The highest BCUT2D eigenvalue weighted by Gasteiger charge is 2.37. The maximum atomic E-state index is 12.3. The van der Waals surface area contributed by atoms with Crippen LogP contribution in [0.2, 0.25) is 0 Å². The molecule has 2 N–H and O–H groups in total. The van der Waals surface area contributed by atoms with Gasteiger partial charge in [0.15, 0.2) is 0 Å². The van der Waals surface area contributed by atoms with Crippen molar-refractivity contribution in [3.05, 3.63) is 0 Å². The third-order valence-electron chi connectivity index (χ3n) is 4.15. The van der Waals surface area contributed by atoms with E-state index in [4.69, 9.17) is 5.11 Å². The minimum Gasteiger partial charge on any atom is -0.481 e. The second-order valence-electron chi connectivity index (χ2n) is 6.01. The summed E-state index contributed by atoms with van der Waals surface area (Å²) in [6.45, 7) is 2.38. The van der Waals surface area contributed by atoms with Gasteiger partial charge in [0.25, 0.3) is 0 Å². The van der Waals surface area contributed by atoms with Crippen LogP contribution in [0, 0.1) is 5.41 Å². The van der Waals surface area contributed by atoms with Crippen molar-refractivity contribution in [3.8, 4) is 0 Å². The minimum absolute atomic E-state index is 0.0236. The summed E-state index contributed by atoms with van der Waals surface area (Å²) in [5.74, 6) is -1.19. The number of carboxylic acids is 1. The van der Waals surface area contributed by atoms with Gasteiger partial charge in [-0.15, -0.1) is 0 Å². The lowest BCUT2D eigenvalue weighted by Crippen LogP contribution is -2.41. The fraction of sp³-hybridized carbons (Fsp3) is 0.800. The molecule has 120 valence electrons. The Morgan fingerprint density at radius 3 is 2.29 bits per heavy atom. The number of hydrogen-bond acceptors (Lipinski definition) is 3. The fourth-order valence-corrected chi connectivity index (χ4v) is 3.05. The molecular weight excluding hydrogens is 272 g/mol. The molecule has 1 aliphatic carbocycles. The Balaban J connectivity index is 2.63. The number of carbonyl (C=O) groups excluding carboxylic acids is 2. The largest absolute Gasteiger partial charge is 0.481 e. The normalized spacial score (nSPS) is 17.0. The smallest absolute Gasteiger partial charge is 0.303 e.